The van der Waals surface area contributed by atoms with Gasteiger partial charge in [-0.3, -0.25) is 4.79 Å². The number of carbonyl (C=O) groups is 1. The molecule has 1 aromatic rings. The smallest absolute Gasteiger partial charge is 0.328 e. The van der Waals surface area contributed by atoms with E-state index in [-0.39, 0.29) is 6.10 Å². The molecule has 2 aliphatic rings. The van der Waals surface area contributed by atoms with Crippen molar-refractivity contribution in [2.24, 2.45) is 5.92 Å². The second kappa shape index (κ2) is 6.50. The molecule has 1 heterocycles. The summed E-state index contributed by atoms with van der Waals surface area (Å²) < 4.78 is 6.73. The van der Waals surface area contributed by atoms with Gasteiger partial charge >= 0.3 is 5.97 Å². The molecule has 6 nitrogen and oxygen atoms in total. The summed E-state index contributed by atoms with van der Waals surface area (Å²) in [6.07, 6.45) is 9.65. The van der Waals surface area contributed by atoms with Gasteiger partial charge in [-0.2, -0.15) is 5.10 Å². The molecule has 22 heavy (non-hydrogen) atoms. The average molecular weight is 306 g/mol. The fourth-order valence-corrected chi connectivity index (χ4v) is 3.25. The van der Waals surface area contributed by atoms with Gasteiger partial charge in [0.2, 0.25) is 0 Å². The van der Waals surface area contributed by atoms with Crippen molar-refractivity contribution < 1.29 is 14.6 Å². The van der Waals surface area contributed by atoms with Crippen LogP contribution >= 0.6 is 0 Å². The van der Waals surface area contributed by atoms with E-state index in [0.717, 1.165) is 49.6 Å². The fraction of sp³-hybridized carbons (Fsp3) is 0.688. The molecule has 6 heteroatoms. The molecule has 3 rings (SSSR count). The lowest BCUT2D eigenvalue weighted by atomic mass is 9.96. The van der Waals surface area contributed by atoms with Crippen LogP contribution in [-0.4, -0.2) is 27.0 Å². The molecule has 1 atom stereocenters. The Morgan fingerprint density at radius 2 is 2.05 bits per heavy atom. The number of hydrogen-bond donors (Lipinski definition) is 1. The van der Waals surface area contributed by atoms with Crippen LogP contribution in [0.1, 0.15) is 57.4 Å². The van der Waals surface area contributed by atoms with Gasteiger partial charge in [0, 0.05) is 6.07 Å². The van der Waals surface area contributed by atoms with E-state index in [9.17, 15) is 14.7 Å². The van der Waals surface area contributed by atoms with Crippen LogP contribution in [0.25, 0.3) is 0 Å². The van der Waals surface area contributed by atoms with E-state index in [2.05, 4.69) is 5.10 Å². The molecule has 2 saturated carbocycles. The van der Waals surface area contributed by atoms with Crippen molar-refractivity contribution >= 4 is 5.97 Å². The van der Waals surface area contributed by atoms with E-state index in [0.29, 0.717) is 18.1 Å². The zero-order chi connectivity index (χ0) is 15.5. The molecule has 120 valence electrons. The number of ether oxygens (including phenoxy) is 1. The minimum Gasteiger partial charge on any atom is -0.489 e. The van der Waals surface area contributed by atoms with Crippen molar-refractivity contribution in [1.29, 1.82) is 0 Å². The third-order valence-corrected chi connectivity index (χ3v) is 4.77. The molecule has 2 aliphatic carbocycles. The van der Waals surface area contributed by atoms with Crippen LogP contribution in [-0.2, 0) is 4.79 Å². The van der Waals surface area contributed by atoms with Crippen molar-refractivity contribution in [3.05, 3.63) is 22.6 Å². The van der Waals surface area contributed by atoms with E-state index in [1.54, 1.807) is 0 Å². The molecule has 0 spiro atoms. The van der Waals surface area contributed by atoms with Crippen LogP contribution in [0.5, 0.6) is 5.75 Å². The molecule has 0 aromatic carbocycles. The SMILES string of the molecule is O=C(O)C(CC1CCCC1)n1ncc(OC2CCC2)cc1=O. The Bertz CT molecular complexity index is 588. The Balaban J connectivity index is 1.74. The standard InChI is InChI=1S/C16H22N2O4/c19-15-9-13(22-12-6-3-7-12)10-17-18(15)14(16(20)21)8-11-4-1-2-5-11/h9-12,14H,1-8H2,(H,20,21). The Hall–Kier alpha value is -1.85. The van der Waals surface area contributed by atoms with Crippen molar-refractivity contribution in [3.63, 3.8) is 0 Å². The summed E-state index contributed by atoms with van der Waals surface area (Å²) in [4.78, 5) is 23.7. The van der Waals surface area contributed by atoms with E-state index < -0.39 is 17.6 Å². The van der Waals surface area contributed by atoms with Crippen LogP contribution in [0, 0.1) is 5.92 Å². The molecule has 0 bridgehead atoms. The highest BCUT2D eigenvalue weighted by Crippen LogP contribution is 2.31. The number of carboxylic acids is 1. The molecule has 0 aliphatic heterocycles. The second-order valence-corrected chi connectivity index (χ2v) is 6.39. The van der Waals surface area contributed by atoms with E-state index in [4.69, 9.17) is 4.74 Å². The van der Waals surface area contributed by atoms with Gasteiger partial charge in [0.05, 0.1) is 12.3 Å². The second-order valence-electron chi connectivity index (χ2n) is 6.39. The first-order chi connectivity index (χ1) is 10.6. The summed E-state index contributed by atoms with van der Waals surface area (Å²) in [7, 11) is 0. The largest absolute Gasteiger partial charge is 0.489 e. The highest BCUT2D eigenvalue weighted by atomic mass is 16.5. The van der Waals surface area contributed by atoms with Gasteiger partial charge in [-0.25, -0.2) is 9.48 Å². The van der Waals surface area contributed by atoms with E-state index in [1.807, 2.05) is 0 Å². The van der Waals surface area contributed by atoms with Crippen molar-refractivity contribution in [1.82, 2.24) is 9.78 Å². The highest BCUT2D eigenvalue weighted by Gasteiger charge is 2.28. The van der Waals surface area contributed by atoms with Gasteiger partial charge in [0.25, 0.3) is 5.56 Å². The molecule has 0 amide bonds. The predicted octanol–water partition coefficient (Wildman–Crippen LogP) is 2.38. The van der Waals surface area contributed by atoms with Crippen molar-refractivity contribution in [3.8, 4) is 5.75 Å². The molecule has 1 aromatic heterocycles. The minimum absolute atomic E-state index is 0.172. The normalized spacial score (nSPS) is 20.5. The summed E-state index contributed by atoms with van der Waals surface area (Å²) in [6.45, 7) is 0. The van der Waals surface area contributed by atoms with Crippen LogP contribution in [0.15, 0.2) is 17.1 Å². The number of aromatic nitrogens is 2. The minimum atomic E-state index is -0.992. The van der Waals surface area contributed by atoms with Gasteiger partial charge in [-0.05, 0) is 31.6 Å². The van der Waals surface area contributed by atoms with Crippen LogP contribution < -0.4 is 10.3 Å². The maximum Gasteiger partial charge on any atom is 0.328 e. The lowest BCUT2D eigenvalue weighted by Gasteiger charge is -2.26. The summed E-state index contributed by atoms with van der Waals surface area (Å²) in [5.41, 5.74) is -0.401. The summed E-state index contributed by atoms with van der Waals surface area (Å²) >= 11 is 0. The molecular formula is C16H22N2O4. The first-order valence-electron chi connectivity index (χ1n) is 8.12. The van der Waals surface area contributed by atoms with Crippen LogP contribution in [0.4, 0.5) is 0 Å². The Morgan fingerprint density at radius 1 is 1.32 bits per heavy atom. The fourth-order valence-electron chi connectivity index (χ4n) is 3.25. The maximum absolute atomic E-state index is 12.2. The molecular weight excluding hydrogens is 284 g/mol. The Labute approximate surface area is 129 Å². The quantitative estimate of drug-likeness (QED) is 0.872. The number of nitrogens with zero attached hydrogens (tertiary/aromatic N) is 2. The average Bonchev–Trinajstić information content (AvgIpc) is 2.94. The molecule has 0 saturated heterocycles. The zero-order valence-electron chi connectivity index (χ0n) is 12.6. The number of aliphatic carboxylic acids is 1. The molecule has 2 fully saturated rings. The number of rotatable bonds is 6. The predicted molar refractivity (Wildman–Crippen MR) is 80.0 cm³/mol. The van der Waals surface area contributed by atoms with Crippen LogP contribution in [0.2, 0.25) is 0 Å². The van der Waals surface area contributed by atoms with E-state index >= 15 is 0 Å². The van der Waals surface area contributed by atoms with Gasteiger partial charge in [0.15, 0.2) is 6.04 Å². The van der Waals surface area contributed by atoms with Crippen molar-refractivity contribution in [2.45, 2.75) is 63.5 Å². The third kappa shape index (κ3) is 3.31. The first-order valence-corrected chi connectivity index (χ1v) is 8.12. The molecule has 1 unspecified atom stereocenters. The summed E-state index contributed by atoms with van der Waals surface area (Å²) in [5.74, 6) is -0.175. The topological polar surface area (TPSA) is 81.4 Å². The van der Waals surface area contributed by atoms with Gasteiger partial charge in [0.1, 0.15) is 5.75 Å². The number of hydrogen-bond acceptors (Lipinski definition) is 4. The lowest BCUT2D eigenvalue weighted by molar-refractivity contribution is -0.142. The highest BCUT2D eigenvalue weighted by molar-refractivity contribution is 5.71. The Morgan fingerprint density at radius 3 is 2.59 bits per heavy atom. The number of carboxylic acid groups (broad SMARTS) is 1. The monoisotopic (exact) mass is 306 g/mol. The maximum atomic E-state index is 12.2. The molecule has 1 N–H and O–H groups in total. The third-order valence-electron chi connectivity index (χ3n) is 4.77. The zero-order valence-corrected chi connectivity index (χ0v) is 12.6. The van der Waals surface area contributed by atoms with Gasteiger partial charge < -0.3 is 9.84 Å². The van der Waals surface area contributed by atoms with Gasteiger partial charge in [-0.1, -0.05) is 25.7 Å². The first kappa shape index (κ1) is 15.1. The summed E-state index contributed by atoms with van der Waals surface area (Å²) in [5, 5.41) is 13.5. The summed E-state index contributed by atoms with van der Waals surface area (Å²) in [6, 6.07) is 0.476. The Kier molecular flexibility index (Phi) is 4.45. The molecule has 0 radical (unpaired) electrons. The lowest BCUT2D eigenvalue weighted by Crippen LogP contribution is -2.33. The van der Waals surface area contributed by atoms with Gasteiger partial charge in [-0.15, -0.1) is 0 Å². The van der Waals surface area contributed by atoms with E-state index in [1.165, 1.54) is 12.3 Å². The van der Waals surface area contributed by atoms with Crippen LogP contribution in [0.3, 0.4) is 0 Å². The van der Waals surface area contributed by atoms with Crippen molar-refractivity contribution in [2.75, 3.05) is 0 Å².